The van der Waals surface area contributed by atoms with E-state index in [0.29, 0.717) is 6.07 Å². The molecule has 0 aliphatic carbocycles. The van der Waals surface area contributed by atoms with Gasteiger partial charge in [0.25, 0.3) is 10.0 Å². The van der Waals surface area contributed by atoms with Crippen molar-refractivity contribution >= 4 is 37.6 Å². The van der Waals surface area contributed by atoms with Crippen LogP contribution in [0, 0.1) is 11.6 Å². The molecule has 0 fully saturated rings. The van der Waals surface area contributed by atoms with Gasteiger partial charge in [-0.2, -0.15) is 13.5 Å². The van der Waals surface area contributed by atoms with Gasteiger partial charge in [0.1, 0.15) is 11.4 Å². The second-order valence-electron chi connectivity index (χ2n) is 3.77. The number of benzene rings is 1. The third-order valence-electron chi connectivity index (χ3n) is 2.35. The number of nitrogens with one attached hydrogen (secondary N) is 2. The molecule has 1 aromatic carbocycles. The Morgan fingerprint density at radius 1 is 1.38 bits per heavy atom. The number of rotatable bonds is 4. The van der Waals surface area contributed by atoms with E-state index in [-0.39, 0.29) is 4.47 Å². The third-order valence-corrected chi connectivity index (χ3v) is 4.29. The van der Waals surface area contributed by atoms with Gasteiger partial charge in [0.2, 0.25) is 0 Å². The van der Waals surface area contributed by atoms with Gasteiger partial charge >= 0.3 is 5.97 Å². The predicted octanol–water partition coefficient (Wildman–Crippen LogP) is 1.95. The summed E-state index contributed by atoms with van der Waals surface area (Å²) in [5.41, 5.74) is -1.16. The summed E-state index contributed by atoms with van der Waals surface area (Å²) in [5, 5.41) is 13.4. The SMILES string of the molecule is O=C(O)c1cn[nH]c1S(=O)(=O)Nc1c(F)cc(F)cc1Br. The number of halogens is 3. The quantitative estimate of drug-likeness (QED) is 0.749. The van der Waals surface area contributed by atoms with E-state index in [0.717, 1.165) is 12.3 Å². The Labute approximate surface area is 125 Å². The number of carbonyl (C=O) groups is 1. The van der Waals surface area contributed by atoms with Crippen LogP contribution in [0.1, 0.15) is 10.4 Å². The molecule has 1 aromatic heterocycles. The monoisotopic (exact) mass is 381 g/mol. The zero-order valence-electron chi connectivity index (χ0n) is 9.89. The average Bonchev–Trinajstić information content (AvgIpc) is 2.83. The fourth-order valence-electron chi connectivity index (χ4n) is 1.46. The van der Waals surface area contributed by atoms with E-state index in [4.69, 9.17) is 5.11 Å². The van der Waals surface area contributed by atoms with E-state index in [1.54, 1.807) is 0 Å². The number of sulfonamides is 1. The van der Waals surface area contributed by atoms with E-state index >= 15 is 0 Å². The zero-order valence-corrected chi connectivity index (χ0v) is 12.3. The molecule has 0 aliphatic heterocycles. The molecular weight excluding hydrogens is 376 g/mol. The highest BCUT2D eigenvalue weighted by Gasteiger charge is 2.26. The smallest absolute Gasteiger partial charge is 0.340 e. The fourth-order valence-corrected chi connectivity index (χ4v) is 3.28. The molecule has 2 rings (SSSR count). The van der Waals surface area contributed by atoms with Gasteiger partial charge in [-0.1, -0.05) is 0 Å². The number of aromatic carboxylic acids is 1. The molecule has 11 heteroatoms. The van der Waals surface area contributed by atoms with Crippen LogP contribution in [0.2, 0.25) is 0 Å². The van der Waals surface area contributed by atoms with Gasteiger partial charge in [0, 0.05) is 10.5 Å². The summed E-state index contributed by atoms with van der Waals surface area (Å²) in [5.74, 6) is -3.60. The Kier molecular flexibility index (Phi) is 3.96. The Morgan fingerprint density at radius 2 is 2.05 bits per heavy atom. The number of anilines is 1. The van der Waals surface area contributed by atoms with E-state index in [2.05, 4.69) is 21.0 Å². The molecule has 7 nitrogen and oxygen atoms in total. The van der Waals surface area contributed by atoms with E-state index < -0.39 is 43.9 Å². The van der Waals surface area contributed by atoms with Crippen molar-refractivity contribution in [1.82, 2.24) is 10.2 Å². The lowest BCUT2D eigenvalue weighted by Crippen LogP contribution is -2.18. The average molecular weight is 382 g/mol. The highest BCUT2D eigenvalue weighted by Crippen LogP contribution is 2.29. The lowest BCUT2D eigenvalue weighted by molar-refractivity contribution is 0.0692. The van der Waals surface area contributed by atoms with Crippen LogP contribution < -0.4 is 4.72 Å². The number of carboxylic acid groups (broad SMARTS) is 1. The molecule has 0 atom stereocenters. The van der Waals surface area contributed by atoms with Crippen molar-refractivity contribution in [3.63, 3.8) is 0 Å². The molecule has 0 bridgehead atoms. The van der Waals surface area contributed by atoms with Crippen molar-refractivity contribution in [2.75, 3.05) is 4.72 Å². The van der Waals surface area contributed by atoms with Gasteiger partial charge in [-0.05, 0) is 22.0 Å². The van der Waals surface area contributed by atoms with Crippen LogP contribution in [-0.2, 0) is 10.0 Å². The van der Waals surface area contributed by atoms with Crippen LogP contribution in [-0.4, -0.2) is 29.7 Å². The molecule has 0 aliphatic rings. The molecule has 112 valence electrons. The summed E-state index contributed by atoms with van der Waals surface area (Å²) < 4.78 is 52.3. The predicted molar refractivity (Wildman–Crippen MR) is 70.4 cm³/mol. The van der Waals surface area contributed by atoms with Crippen molar-refractivity contribution in [1.29, 1.82) is 0 Å². The lowest BCUT2D eigenvalue weighted by Gasteiger charge is -2.10. The topological polar surface area (TPSA) is 112 Å². The second kappa shape index (κ2) is 5.41. The van der Waals surface area contributed by atoms with Crippen molar-refractivity contribution in [3.8, 4) is 0 Å². The first-order valence-electron chi connectivity index (χ1n) is 5.16. The van der Waals surface area contributed by atoms with Gasteiger partial charge in [0.15, 0.2) is 10.8 Å². The van der Waals surface area contributed by atoms with E-state index in [9.17, 15) is 22.0 Å². The Morgan fingerprint density at radius 3 is 2.62 bits per heavy atom. The molecule has 0 radical (unpaired) electrons. The maximum Gasteiger partial charge on any atom is 0.340 e. The maximum atomic E-state index is 13.6. The Hall–Kier alpha value is -2.01. The van der Waals surface area contributed by atoms with Gasteiger partial charge in [-0.25, -0.2) is 13.6 Å². The minimum atomic E-state index is -4.44. The van der Waals surface area contributed by atoms with Gasteiger partial charge in [-0.15, -0.1) is 0 Å². The van der Waals surface area contributed by atoms with Gasteiger partial charge in [0.05, 0.1) is 11.9 Å². The van der Waals surface area contributed by atoms with E-state index in [1.165, 1.54) is 0 Å². The molecule has 0 unspecified atom stereocenters. The van der Waals surface area contributed by atoms with Crippen LogP contribution >= 0.6 is 15.9 Å². The highest BCUT2D eigenvalue weighted by molar-refractivity contribution is 9.10. The highest BCUT2D eigenvalue weighted by atomic mass is 79.9. The second-order valence-corrected chi connectivity index (χ2v) is 6.24. The molecule has 0 saturated carbocycles. The molecule has 0 spiro atoms. The number of hydrogen-bond donors (Lipinski definition) is 3. The van der Waals surface area contributed by atoms with Crippen molar-refractivity contribution in [2.24, 2.45) is 0 Å². The number of hydrogen-bond acceptors (Lipinski definition) is 4. The summed E-state index contributed by atoms with van der Waals surface area (Å²) in [6.45, 7) is 0. The molecule has 21 heavy (non-hydrogen) atoms. The van der Waals surface area contributed by atoms with Gasteiger partial charge < -0.3 is 5.11 Å². The first-order valence-corrected chi connectivity index (χ1v) is 7.44. The van der Waals surface area contributed by atoms with Crippen molar-refractivity contribution in [3.05, 3.63) is 40.0 Å². The normalized spacial score (nSPS) is 11.4. The van der Waals surface area contributed by atoms with Crippen molar-refractivity contribution < 1.29 is 27.1 Å². The minimum absolute atomic E-state index is 0.181. The number of H-pyrrole nitrogens is 1. The van der Waals surface area contributed by atoms with Crippen LogP contribution in [0.4, 0.5) is 14.5 Å². The molecule has 0 saturated heterocycles. The zero-order chi connectivity index (χ0) is 15.8. The number of carboxylic acids is 1. The summed E-state index contributed by atoms with van der Waals surface area (Å²) in [7, 11) is -4.44. The first kappa shape index (κ1) is 15.4. The number of aromatic amines is 1. The molecule has 3 N–H and O–H groups in total. The van der Waals surface area contributed by atoms with Gasteiger partial charge in [-0.3, -0.25) is 9.82 Å². The number of nitrogens with zero attached hydrogens (tertiary/aromatic N) is 1. The largest absolute Gasteiger partial charge is 0.478 e. The summed E-state index contributed by atoms with van der Waals surface area (Å²) in [6.07, 6.45) is 0.799. The maximum absolute atomic E-state index is 13.6. The fraction of sp³-hybridized carbons (Fsp3) is 0. The first-order chi connectivity index (χ1) is 9.72. The molecule has 0 amide bonds. The summed E-state index contributed by atoms with van der Waals surface area (Å²) in [6, 6.07) is 1.33. The Bertz CT molecular complexity index is 798. The van der Waals surface area contributed by atoms with Crippen LogP contribution in [0.5, 0.6) is 0 Å². The molecule has 2 aromatic rings. The van der Waals surface area contributed by atoms with Crippen LogP contribution in [0.15, 0.2) is 27.8 Å². The third kappa shape index (κ3) is 3.03. The van der Waals surface area contributed by atoms with Crippen LogP contribution in [0.25, 0.3) is 0 Å². The molecule has 1 heterocycles. The summed E-state index contributed by atoms with van der Waals surface area (Å²) in [4.78, 5) is 10.9. The van der Waals surface area contributed by atoms with E-state index in [1.807, 2.05) is 9.82 Å². The Balaban J connectivity index is 2.48. The number of aromatic nitrogens is 2. The minimum Gasteiger partial charge on any atom is -0.478 e. The lowest BCUT2D eigenvalue weighted by atomic mass is 10.3. The van der Waals surface area contributed by atoms with Crippen LogP contribution in [0.3, 0.4) is 0 Å². The summed E-state index contributed by atoms with van der Waals surface area (Å²) >= 11 is 2.81. The standard InChI is InChI=1S/C10H6BrF2N3O4S/c11-6-1-4(12)2-7(13)8(6)16-21(19,20)9-5(10(17)18)3-14-15-9/h1-3,16H,(H,14,15)(H,17,18). The van der Waals surface area contributed by atoms with Crippen molar-refractivity contribution in [2.45, 2.75) is 5.03 Å². The molecular formula is C10H6BrF2N3O4S.